The van der Waals surface area contributed by atoms with Crippen LogP contribution in [0.5, 0.6) is 0 Å². The molecular weight excluding hydrogens is 248 g/mol. The Morgan fingerprint density at radius 1 is 1.35 bits per heavy atom. The Morgan fingerprint density at radius 3 is 2.40 bits per heavy atom. The molecular formula is C17H22N2O. The normalized spacial score (nSPS) is 12.9. The van der Waals surface area contributed by atoms with Crippen LogP contribution in [0.3, 0.4) is 0 Å². The summed E-state index contributed by atoms with van der Waals surface area (Å²) in [6, 6.07) is 9.74. The number of benzene rings is 1. The van der Waals surface area contributed by atoms with Gasteiger partial charge < -0.3 is 5.32 Å². The van der Waals surface area contributed by atoms with Crippen molar-refractivity contribution >= 4 is 12.0 Å². The number of amides is 1. The SMILES string of the molecule is CCC(C#N)NC(=O)/C=C/c1ccc(C(C)(C)C)cc1. The predicted octanol–water partition coefficient (Wildman–Crippen LogP) is 3.42. The molecule has 0 aromatic heterocycles. The molecule has 3 nitrogen and oxygen atoms in total. The minimum atomic E-state index is -0.421. The van der Waals surface area contributed by atoms with Crippen molar-refractivity contribution in [1.82, 2.24) is 5.32 Å². The van der Waals surface area contributed by atoms with Gasteiger partial charge in [0.15, 0.2) is 0 Å². The molecule has 0 aliphatic rings. The average Bonchev–Trinajstić information content (AvgIpc) is 2.42. The molecule has 0 aliphatic carbocycles. The molecule has 1 atom stereocenters. The van der Waals surface area contributed by atoms with Gasteiger partial charge >= 0.3 is 0 Å². The summed E-state index contributed by atoms with van der Waals surface area (Å²) < 4.78 is 0. The molecule has 106 valence electrons. The fourth-order valence-electron chi connectivity index (χ4n) is 1.71. The van der Waals surface area contributed by atoms with E-state index in [1.54, 1.807) is 6.08 Å². The molecule has 0 bridgehead atoms. The van der Waals surface area contributed by atoms with Gasteiger partial charge in [-0.1, -0.05) is 52.0 Å². The number of rotatable bonds is 4. The Hall–Kier alpha value is -2.08. The topological polar surface area (TPSA) is 52.9 Å². The van der Waals surface area contributed by atoms with Gasteiger partial charge in [-0.2, -0.15) is 5.26 Å². The summed E-state index contributed by atoms with van der Waals surface area (Å²) in [6.07, 6.45) is 3.83. The molecule has 0 fully saturated rings. The average molecular weight is 270 g/mol. The van der Waals surface area contributed by atoms with Gasteiger partial charge in [0.1, 0.15) is 6.04 Å². The first-order valence-electron chi connectivity index (χ1n) is 6.85. The first-order valence-corrected chi connectivity index (χ1v) is 6.85. The van der Waals surface area contributed by atoms with E-state index in [9.17, 15) is 4.79 Å². The van der Waals surface area contributed by atoms with Crippen molar-refractivity contribution in [3.05, 3.63) is 41.5 Å². The third-order valence-corrected chi connectivity index (χ3v) is 3.08. The molecule has 0 spiro atoms. The highest BCUT2D eigenvalue weighted by atomic mass is 16.1. The second-order valence-corrected chi connectivity index (χ2v) is 5.80. The van der Waals surface area contributed by atoms with Crippen LogP contribution < -0.4 is 5.32 Å². The van der Waals surface area contributed by atoms with Gasteiger partial charge in [-0.3, -0.25) is 4.79 Å². The third-order valence-electron chi connectivity index (χ3n) is 3.08. The van der Waals surface area contributed by atoms with Crippen LogP contribution in [0.2, 0.25) is 0 Å². The predicted molar refractivity (Wildman–Crippen MR) is 82.0 cm³/mol. The largest absolute Gasteiger partial charge is 0.337 e. The third kappa shape index (κ3) is 4.89. The first-order chi connectivity index (χ1) is 9.36. The summed E-state index contributed by atoms with van der Waals surface area (Å²) in [6.45, 7) is 8.36. The number of carbonyl (C=O) groups excluding carboxylic acids is 1. The van der Waals surface area contributed by atoms with E-state index < -0.39 is 6.04 Å². The molecule has 1 aromatic rings. The fraction of sp³-hybridized carbons (Fsp3) is 0.412. The van der Waals surface area contributed by atoms with Crippen molar-refractivity contribution in [2.75, 3.05) is 0 Å². The lowest BCUT2D eigenvalue weighted by Crippen LogP contribution is -2.31. The Labute approximate surface area is 121 Å². The quantitative estimate of drug-likeness (QED) is 0.852. The van der Waals surface area contributed by atoms with E-state index in [0.717, 1.165) is 5.56 Å². The molecule has 0 radical (unpaired) electrons. The highest BCUT2D eigenvalue weighted by Gasteiger charge is 2.12. The van der Waals surface area contributed by atoms with E-state index in [-0.39, 0.29) is 11.3 Å². The van der Waals surface area contributed by atoms with Crippen LogP contribution in [0.1, 0.15) is 45.2 Å². The van der Waals surface area contributed by atoms with Gasteiger partial charge in [-0.25, -0.2) is 0 Å². The number of hydrogen-bond donors (Lipinski definition) is 1. The number of carbonyl (C=O) groups is 1. The second kappa shape index (κ2) is 6.91. The van der Waals surface area contributed by atoms with Crippen LogP contribution in [0.15, 0.2) is 30.3 Å². The zero-order valence-corrected chi connectivity index (χ0v) is 12.6. The molecule has 20 heavy (non-hydrogen) atoms. The molecule has 0 heterocycles. The van der Waals surface area contributed by atoms with E-state index >= 15 is 0 Å². The lowest BCUT2D eigenvalue weighted by atomic mass is 9.87. The summed E-state index contributed by atoms with van der Waals surface area (Å²) in [5.41, 5.74) is 2.36. The minimum Gasteiger partial charge on any atom is -0.337 e. The molecule has 1 amide bonds. The van der Waals surface area contributed by atoms with Gasteiger partial charge in [0.25, 0.3) is 0 Å². The Bertz CT molecular complexity index is 515. The van der Waals surface area contributed by atoms with Crippen LogP contribution in [-0.2, 0) is 10.2 Å². The highest BCUT2D eigenvalue weighted by molar-refractivity contribution is 5.92. The van der Waals surface area contributed by atoms with Gasteiger partial charge in [-0.05, 0) is 29.0 Å². The molecule has 1 N–H and O–H groups in total. The van der Waals surface area contributed by atoms with E-state index in [2.05, 4.69) is 38.2 Å². The summed E-state index contributed by atoms with van der Waals surface area (Å²) in [5.74, 6) is -0.238. The molecule has 3 heteroatoms. The van der Waals surface area contributed by atoms with Crippen molar-refractivity contribution in [1.29, 1.82) is 5.26 Å². The van der Waals surface area contributed by atoms with E-state index in [1.165, 1.54) is 11.6 Å². The Kier molecular flexibility index (Phi) is 5.52. The molecule has 0 saturated carbocycles. The molecule has 1 unspecified atom stereocenters. The van der Waals surface area contributed by atoms with Gasteiger partial charge in [0.05, 0.1) is 6.07 Å². The minimum absolute atomic E-state index is 0.126. The number of hydrogen-bond acceptors (Lipinski definition) is 2. The van der Waals surface area contributed by atoms with Crippen molar-refractivity contribution < 1.29 is 4.79 Å². The molecule has 1 aromatic carbocycles. The maximum absolute atomic E-state index is 11.6. The smallest absolute Gasteiger partial charge is 0.245 e. The molecule has 0 saturated heterocycles. The van der Waals surface area contributed by atoms with Crippen molar-refractivity contribution in [3.8, 4) is 6.07 Å². The number of nitrogens with one attached hydrogen (secondary N) is 1. The van der Waals surface area contributed by atoms with E-state index in [0.29, 0.717) is 6.42 Å². The van der Waals surface area contributed by atoms with Crippen LogP contribution in [-0.4, -0.2) is 11.9 Å². The molecule has 0 aliphatic heterocycles. The van der Waals surface area contributed by atoms with Gasteiger partial charge in [0.2, 0.25) is 5.91 Å². The lowest BCUT2D eigenvalue weighted by molar-refractivity contribution is -0.116. The van der Waals surface area contributed by atoms with Crippen molar-refractivity contribution in [3.63, 3.8) is 0 Å². The monoisotopic (exact) mass is 270 g/mol. The van der Waals surface area contributed by atoms with Gasteiger partial charge in [-0.15, -0.1) is 0 Å². The van der Waals surface area contributed by atoms with Gasteiger partial charge in [0, 0.05) is 6.08 Å². The van der Waals surface area contributed by atoms with Crippen LogP contribution in [0.25, 0.3) is 6.08 Å². The van der Waals surface area contributed by atoms with Crippen LogP contribution in [0, 0.1) is 11.3 Å². The highest BCUT2D eigenvalue weighted by Crippen LogP contribution is 2.22. The number of nitrogens with zero attached hydrogens (tertiary/aromatic N) is 1. The second-order valence-electron chi connectivity index (χ2n) is 5.80. The Morgan fingerprint density at radius 2 is 1.95 bits per heavy atom. The summed E-state index contributed by atoms with van der Waals surface area (Å²) in [7, 11) is 0. The zero-order chi connectivity index (χ0) is 15.2. The lowest BCUT2D eigenvalue weighted by Gasteiger charge is -2.18. The first kappa shape index (κ1) is 16.0. The van der Waals surface area contributed by atoms with Crippen molar-refractivity contribution in [2.24, 2.45) is 0 Å². The summed E-state index contributed by atoms with van der Waals surface area (Å²) in [4.78, 5) is 11.6. The van der Waals surface area contributed by atoms with E-state index in [4.69, 9.17) is 5.26 Å². The maximum atomic E-state index is 11.6. The van der Waals surface area contributed by atoms with Crippen LogP contribution in [0.4, 0.5) is 0 Å². The zero-order valence-electron chi connectivity index (χ0n) is 12.6. The maximum Gasteiger partial charge on any atom is 0.245 e. The number of nitriles is 1. The summed E-state index contributed by atoms with van der Waals surface area (Å²) >= 11 is 0. The van der Waals surface area contributed by atoms with E-state index in [1.807, 2.05) is 25.1 Å². The standard InChI is InChI=1S/C17H22N2O/c1-5-15(12-18)19-16(20)11-8-13-6-9-14(10-7-13)17(2,3)4/h6-11,15H,5H2,1-4H3,(H,19,20)/b11-8+. The summed E-state index contributed by atoms with van der Waals surface area (Å²) in [5, 5.41) is 11.4. The van der Waals surface area contributed by atoms with Crippen molar-refractivity contribution in [2.45, 2.75) is 45.6 Å². The molecule has 1 rings (SSSR count). The Balaban J connectivity index is 2.67. The fourth-order valence-corrected chi connectivity index (χ4v) is 1.71. The van der Waals surface area contributed by atoms with Crippen LogP contribution >= 0.6 is 0 Å².